The molecule has 0 spiro atoms. The van der Waals surface area contributed by atoms with Crippen molar-refractivity contribution in [1.29, 1.82) is 0 Å². The van der Waals surface area contributed by atoms with E-state index in [-0.39, 0.29) is 11.3 Å². The molecule has 1 N–H and O–H groups in total. The number of hydrogen-bond acceptors (Lipinski definition) is 6. The van der Waals surface area contributed by atoms with Crippen LogP contribution in [-0.4, -0.2) is 21.8 Å². The number of halogens is 1. The van der Waals surface area contributed by atoms with E-state index in [9.17, 15) is 19.1 Å². The van der Waals surface area contributed by atoms with Crippen LogP contribution in [0.15, 0.2) is 76.6 Å². The molecule has 1 aliphatic heterocycles. The van der Waals surface area contributed by atoms with Crippen molar-refractivity contribution in [2.24, 2.45) is 0 Å². The fraction of sp³-hybridized carbons (Fsp3) is 0.0870. The molecule has 1 unspecified atom stereocenters. The van der Waals surface area contributed by atoms with Gasteiger partial charge in [0.15, 0.2) is 16.7 Å². The summed E-state index contributed by atoms with van der Waals surface area (Å²) in [5.74, 6) is -2.51. The topological polar surface area (TPSA) is 83.6 Å². The largest absolute Gasteiger partial charge is 0.503 e. The van der Waals surface area contributed by atoms with Gasteiger partial charge in [0.1, 0.15) is 5.82 Å². The second kappa shape index (κ2) is 7.17. The molecule has 5 rings (SSSR count). The number of furan rings is 1. The summed E-state index contributed by atoms with van der Waals surface area (Å²) in [6, 6.07) is 13.2. The summed E-state index contributed by atoms with van der Waals surface area (Å²) in [6.07, 6.45) is 1.34. The number of aliphatic hydroxyl groups is 1. The molecule has 0 fully saturated rings. The Morgan fingerprint density at radius 3 is 2.68 bits per heavy atom. The third-order valence-electron chi connectivity index (χ3n) is 5.12. The lowest BCUT2D eigenvalue weighted by Crippen LogP contribution is -2.30. The molecule has 2 aromatic heterocycles. The Morgan fingerprint density at radius 2 is 1.97 bits per heavy atom. The van der Waals surface area contributed by atoms with Crippen LogP contribution in [0.5, 0.6) is 0 Å². The van der Waals surface area contributed by atoms with Crippen LogP contribution in [0.3, 0.4) is 0 Å². The van der Waals surface area contributed by atoms with E-state index < -0.39 is 29.3 Å². The van der Waals surface area contributed by atoms with Gasteiger partial charge in [-0.05, 0) is 54.4 Å². The van der Waals surface area contributed by atoms with Gasteiger partial charge in [-0.2, -0.15) is 0 Å². The third kappa shape index (κ3) is 3.12. The molecule has 0 radical (unpaired) electrons. The van der Waals surface area contributed by atoms with Crippen LogP contribution in [-0.2, 0) is 4.79 Å². The summed E-state index contributed by atoms with van der Waals surface area (Å²) in [7, 11) is 0. The summed E-state index contributed by atoms with van der Waals surface area (Å²) >= 11 is 1.27. The van der Waals surface area contributed by atoms with Gasteiger partial charge < -0.3 is 9.52 Å². The predicted molar refractivity (Wildman–Crippen MR) is 114 cm³/mol. The van der Waals surface area contributed by atoms with E-state index in [1.807, 2.05) is 25.1 Å². The van der Waals surface area contributed by atoms with E-state index in [4.69, 9.17) is 4.42 Å². The molecule has 0 saturated carbocycles. The highest BCUT2D eigenvalue weighted by molar-refractivity contribution is 7.22. The first kappa shape index (κ1) is 19.2. The van der Waals surface area contributed by atoms with Crippen molar-refractivity contribution in [3.63, 3.8) is 0 Å². The monoisotopic (exact) mass is 434 g/mol. The van der Waals surface area contributed by atoms with Crippen molar-refractivity contribution >= 4 is 38.4 Å². The SMILES string of the molecule is Cc1ccc2nc(N3C(=O)C(O)=C(C(=O)c4ccco4)C3c3ccc(F)cc3)sc2c1. The first-order valence-corrected chi connectivity index (χ1v) is 10.2. The molecule has 0 saturated heterocycles. The number of carbonyl (C=O) groups excluding carboxylic acids is 2. The summed E-state index contributed by atoms with van der Waals surface area (Å²) in [5.41, 5.74) is 2.06. The number of amides is 1. The first-order chi connectivity index (χ1) is 14.9. The van der Waals surface area contributed by atoms with Gasteiger partial charge in [0.05, 0.1) is 28.1 Å². The van der Waals surface area contributed by atoms with Gasteiger partial charge in [-0.3, -0.25) is 14.5 Å². The van der Waals surface area contributed by atoms with Gasteiger partial charge >= 0.3 is 0 Å². The van der Waals surface area contributed by atoms with Gasteiger partial charge in [0, 0.05) is 0 Å². The maximum absolute atomic E-state index is 13.6. The Hall–Kier alpha value is -3.78. The fourth-order valence-corrected chi connectivity index (χ4v) is 4.75. The van der Waals surface area contributed by atoms with Crippen LogP contribution in [0.25, 0.3) is 10.2 Å². The molecule has 6 nitrogen and oxygen atoms in total. The van der Waals surface area contributed by atoms with Crippen molar-refractivity contribution in [3.8, 4) is 0 Å². The van der Waals surface area contributed by atoms with Crippen molar-refractivity contribution in [3.05, 3.63) is 94.9 Å². The Morgan fingerprint density at radius 1 is 1.19 bits per heavy atom. The Kier molecular flexibility index (Phi) is 4.44. The molecule has 3 heterocycles. The molecule has 154 valence electrons. The number of rotatable bonds is 4. The smallest absolute Gasteiger partial charge is 0.296 e. The van der Waals surface area contributed by atoms with E-state index in [1.54, 1.807) is 6.07 Å². The lowest BCUT2D eigenvalue weighted by Gasteiger charge is -2.24. The van der Waals surface area contributed by atoms with Crippen molar-refractivity contribution < 1.29 is 23.5 Å². The van der Waals surface area contributed by atoms with E-state index >= 15 is 0 Å². The predicted octanol–water partition coefficient (Wildman–Crippen LogP) is 5.12. The summed E-state index contributed by atoms with van der Waals surface area (Å²) in [6.45, 7) is 1.95. The normalized spacial score (nSPS) is 16.5. The number of thiazole rings is 1. The van der Waals surface area contributed by atoms with Gasteiger partial charge in [-0.1, -0.05) is 29.5 Å². The number of fused-ring (bicyclic) bond motifs is 1. The number of aliphatic hydroxyl groups excluding tert-OH is 1. The first-order valence-electron chi connectivity index (χ1n) is 9.41. The van der Waals surface area contributed by atoms with E-state index in [0.29, 0.717) is 16.2 Å². The number of anilines is 1. The maximum atomic E-state index is 13.6. The quantitative estimate of drug-likeness (QED) is 0.451. The van der Waals surface area contributed by atoms with Crippen molar-refractivity contribution in [1.82, 2.24) is 4.98 Å². The molecule has 4 aromatic rings. The number of benzene rings is 2. The van der Waals surface area contributed by atoms with Gasteiger partial charge in [-0.25, -0.2) is 9.37 Å². The second-order valence-electron chi connectivity index (χ2n) is 7.17. The zero-order chi connectivity index (χ0) is 21.7. The third-order valence-corrected chi connectivity index (χ3v) is 6.14. The molecule has 1 amide bonds. The number of ketones is 1. The average molecular weight is 434 g/mol. The van der Waals surface area contributed by atoms with Crippen LogP contribution >= 0.6 is 11.3 Å². The fourth-order valence-electron chi connectivity index (χ4n) is 3.66. The molecule has 8 heteroatoms. The minimum atomic E-state index is -0.979. The second-order valence-corrected chi connectivity index (χ2v) is 8.17. The summed E-state index contributed by atoms with van der Waals surface area (Å²) in [5, 5.41) is 11.0. The minimum absolute atomic E-state index is 0.0109. The number of aromatic nitrogens is 1. The number of hydrogen-bond donors (Lipinski definition) is 1. The molecule has 2 aromatic carbocycles. The van der Waals surface area contributed by atoms with Crippen molar-refractivity contribution in [2.45, 2.75) is 13.0 Å². The average Bonchev–Trinajstić information content (AvgIpc) is 3.47. The van der Waals surface area contributed by atoms with E-state index in [1.165, 1.54) is 52.8 Å². The number of carbonyl (C=O) groups is 2. The zero-order valence-electron chi connectivity index (χ0n) is 16.2. The Labute approximate surface area is 179 Å². The molecular weight excluding hydrogens is 419 g/mol. The van der Waals surface area contributed by atoms with Crippen LogP contribution < -0.4 is 4.90 Å². The van der Waals surface area contributed by atoms with E-state index in [2.05, 4.69) is 4.98 Å². The molecular formula is C23H15FN2O4S. The summed E-state index contributed by atoms with van der Waals surface area (Å²) < 4.78 is 19.6. The number of Topliss-reactive ketones (excluding diaryl/α,β-unsaturated/α-hetero) is 1. The Bertz CT molecular complexity index is 1360. The maximum Gasteiger partial charge on any atom is 0.296 e. The van der Waals surface area contributed by atoms with Crippen LogP contribution in [0.4, 0.5) is 9.52 Å². The van der Waals surface area contributed by atoms with Crippen LogP contribution in [0.2, 0.25) is 0 Å². The standard InChI is InChI=1S/C23H15FN2O4S/c1-12-4-9-15-17(11-12)31-23(25-15)26-19(13-5-7-14(24)8-6-13)18(21(28)22(26)29)20(27)16-3-2-10-30-16/h2-11,19,28H,1H3. The molecule has 0 aliphatic carbocycles. The van der Waals surface area contributed by atoms with Gasteiger partial charge in [-0.15, -0.1) is 0 Å². The lowest BCUT2D eigenvalue weighted by atomic mass is 9.95. The molecule has 1 aliphatic rings. The van der Waals surface area contributed by atoms with Crippen molar-refractivity contribution in [2.75, 3.05) is 4.90 Å². The van der Waals surface area contributed by atoms with E-state index in [0.717, 1.165) is 10.3 Å². The highest BCUT2D eigenvalue weighted by Crippen LogP contribution is 2.44. The molecule has 1 atom stereocenters. The zero-order valence-corrected chi connectivity index (χ0v) is 17.0. The van der Waals surface area contributed by atoms with Gasteiger partial charge in [0.25, 0.3) is 5.91 Å². The van der Waals surface area contributed by atoms with Gasteiger partial charge in [0.2, 0.25) is 5.78 Å². The minimum Gasteiger partial charge on any atom is -0.503 e. The lowest BCUT2D eigenvalue weighted by molar-refractivity contribution is -0.117. The van der Waals surface area contributed by atoms with Crippen LogP contribution in [0.1, 0.15) is 27.7 Å². The Balaban J connectivity index is 1.68. The molecule has 31 heavy (non-hydrogen) atoms. The molecule has 0 bridgehead atoms. The van der Waals surface area contributed by atoms with Crippen LogP contribution in [0, 0.1) is 12.7 Å². The summed E-state index contributed by atoms with van der Waals surface area (Å²) in [4.78, 5) is 32.1. The number of aryl methyl sites for hydroxylation is 1. The highest BCUT2D eigenvalue weighted by atomic mass is 32.1. The number of nitrogens with zero attached hydrogens (tertiary/aromatic N) is 2. The highest BCUT2D eigenvalue weighted by Gasteiger charge is 2.46.